The van der Waals surface area contributed by atoms with Crippen LogP contribution in [-0.4, -0.2) is 78.4 Å². The van der Waals surface area contributed by atoms with Gasteiger partial charge in [-0.2, -0.15) is 0 Å². The Morgan fingerprint density at radius 2 is 1.55 bits per heavy atom. The van der Waals surface area contributed by atoms with E-state index in [1.54, 1.807) is 14.7 Å². The number of rotatable bonds is 5. The van der Waals surface area contributed by atoms with Gasteiger partial charge in [0.15, 0.2) is 0 Å². The Balaban J connectivity index is 1.29. The molecule has 0 aromatic heterocycles. The van der Waals surface area contributed by atoms with Crippen LogP contribution in [0.5, 0.6) is 0 Å². The summed E-state index contributed by atoms with van der Waals surface area (Å²) in [5, 5.41) is 0. The molecule has 0 radical (unpaired) electrons. The van der Waals surface area contributed by atoms with Gasteiger partial charge in [0.05, 0.1) is 0 Å². The van der Waals surface area contributed by atoms with Crippen molar-refractivity contribution >= 4 is 23.5 Å². The second-order valence-electron chi connectivity index (χ2n) is 8.58. The Morgan fingerprint density at radius 3 is 2.14 bits per heavy atom. The first-order valence-electron chi connectivity index (χ1n) is 10.7. The number of carbonyl (C=O) groups excluding carboxylic acids is 3. The van der Waals surface area contributed by atoms with Crippen LogP contribution in [0, 0.1) is 5.92 Å². The fourth-order valence-electron chi connectivity index (χ4n) is 4.04. The van der Waals surface area contributed by atoms with Gasteiger partial charge in [-0.3, -0.25) is 14.5 Å². The third-order valence-electron chi connectivity index (χ3n) is 6.16. The third kappa shape index (κ3) is 4.23. The van der Waals surface area contributed by atoms with Crippen molar-refractivity contribution in [1.29, 1.82) is 0 Å². The number of anilines is 1. The molecule has 0 atom stereocenters. The number of hydrogen-bond acceptors (Lipinski definition) is 3. The van der Waals surface area contributed by atoms with Crippen molar-refractivity contribution in [3.05, 3.63) is 29.8 Å². The molecule has 1 aliphatic carbocycles. The third-order valence-corrected chi connectivity index (χ3v) is 6.16. The van der Waals surface area contributed by atoms with Gasteiger partial charge in [-0.1, -0.05) is 26.0 Å². The van der Waals surface area contributed by atoms with Gasteiger partial charge >= 0.3 is 6.03 Å². The van der Waals surface area contributed by atoms with E-state index in [0.29, 0.717) is 45.2 Å². The molecule has 0 spiro atoms. The SMILES string of the molecule is CC(C)c1ccc(N2CCN(CC(=O)N3CCN(C(=O)C4CC4)CC3)C2=O)cc1. The second kappa shape index (κ2) is 8.05. The van der Waals surface area contributed by atoms with Gasteiger partial charge in [-0.15, -0.1) is 0 Å². The zero-order chi connectivity index (χ0) is 20.5. The molecular weight excluding hydrogens is 368 g/mol. The van der Waals surface area contributed by atoms with Gasteiger partial charge in [-0.25, -0.2) is 4.79 Å². The molecule has 1 aromatic carbocycles. The molecular formula is C22H30N4O3. The number of benzene rings is 1. The van der Waals surface area contributed by atoms with Gasteiger partial charge in [0, 0.05) is 50.9 Å². The summed E-state index contributed by atoms with van der Waals surface area (Å²) in [5.74, 6) is 0.882. The highest BCUT2D eigenvalue weighted by atomic mass is 16.2. The summed E-state index contributed by atoms with van der Waals surface area (Å²) in [5.41, 5.74) is 2.12. The van der Waals surface area contributed by atoms with Crippen molar-refractivity contribution in [2.24, 2.45) is 5.92 Å². The highest BCUT2D eigenvalue weighted by Crippen LogP contribution is 2.31. The molecule has 1 aromatic rings. The predicted molar refractivity (Wildman–Crippen MR) is 111 cm³/mol. The molecule has 7 nitrogen and oxygen atoms in total. The molecule has 7 heteroatoms. The van der Waals surface area contributed by atoms with Crippen LogP contribution < -0.4 is 4.90 Å². The van der Waals surface area contributed by atoms with Gasteiger partial charge in [0.1, 0.15) is 6.54 Å². The summed E-state index contributed by atoms with van der Waals surface area (Å²) in [6.07, 6.45) is 2.01. The molecule has 0 bridgehead atoms. The molecule has 156 valence electrons. The van der Waals surface area contributed by atoms with E-state index in [1.807, 2.05) is 17.0 Å². The minimum atomic E-state index is -0.113. The van der Waals surface area contributed by atoms with Crippen molar-refractivity contribution in [1.82, 2.24) is 14.7 Å². The summed E-state index contributed by atoms with van der Waals surface area (Å²) >= 11 is 0. The smallest absolute Gasteiger partial charge is 0.325 e. The van der Waals surface area contributed by atoms with Crippen molar-refractivity contribution in [3.8, 4) is 0 Å². The maximum Gasteiger partial charge on any atom is 0.325 e. The van der Waals surface area contributed by atoms with E-state index in [4.69, 9.17) is 0 Å². The van der Waals surface area contributed by atoms with Gasteiger partial charge in [0.25, 0.3) is 0 Å². The topological polar surface area (TPSA) is 64.2 Å². The molecule has 1 saturated carbocycles. The van der Waals surface area contributed by atoms with Gasteiger partial charge in [0.2, 0.25) is 11.8 Å². The normalized spacial score (nSPS) is 20.0. The lowest BCUT2D eigenvalue weighted by atomic mass is 10.0. The molecule has 3 fully saturated rings. The highest BCUT2D eigenvalue weighted by molar-refractivity contribution is 5.96. The minimum absolute atomic E-state index is 0.0334. The monoisotopic (exact) mass is 398 g/mol. The molecule has 0 unspecified atom stereocenters. The van der Waals surface area contributed by atoms with Crippen LogP contribution in [0.3, 0.4) is 0 Å². The number of urea groups is 1. The summed E-state index contributed by atoms with van der Waals surface area (Å²) < 4.78 is 0. The van der Waals surface area contributed by atoms with Crippen LogP contribution in [0.25, 0.3) is 0 Å². The number of nitrogens with zero attached hydrogens (tertiary/aromatic N) is 4. The van der Waals surface area contributed by atoms with E-state index >= 15 is 0 Å². The van der Waals surface area contributed by atoms with Crippen LogP contribution in [0.15, 0.2) is 24.3 Å². The highest BCUT2D eigenvalue weighted by Gasteiger charge is 2.36. The first-order valence-corrected chi connectivity index (χ1v) is 10.7. The largest absolute Gasteiger partial charge is 0.339 e. The summed E-state index contributed by atoms with van der Waals surface area (Å²) in [6.45, 7) is 7.85. The molecule has 29 heavy (non-hydrogen) atoms. The lowest BCUT2D eigenvalue weighted by Crippen LogP contribution is -2.53. The molecule has 2 saturated heterocycles. The van der Waals surface area contributed by atoms with E-state index in [2.05, 4.69) is 26.0 Å². The summed E-state index contributed by atoms with van der Waals surface area (Å²) in [7, 11) is 0. The van der Waals surface area contributed by atoms with Gasteiger partial charge in [-0.05, 0) is 36.5 Å². The maximum atomic E-state index is 12.8. The molecule has 0 N–H and O–H groups in total. The molecule has 4 rings (SSSR count). The lowest BCUT2D eigenvalue weighted by Gasteiger charge is -2.35. The van der Waals surface area contributed by atoms with E-state index in [1.165, 1.54) is 5.56 Å². The van der Waals surface area contributed by atoms with E-state index < -0.39 is 0 Å². The molecule has 3 aliphatic rings. The first kappa shape index (κ1) is 19.7. The van der Waals surface area contributed by atoms with Crippen molar-refractivity contribution < 1.29 is 14.4 Å². The van der Waals surface area contributed by atoms with Crippen molar-refractivity contribution in [2.75, 3.05) is 50.7 Å². The number of piperazine rings is 1. The average molecular weight is 399 g/mol. The number of hydrogen-bond donors (Lipinski definition) is 0. The van der Waals surface area contributed by atoms with E-state index in [0.717, 1.165) is 18.5 Å². The quantitative estimate of drug-likeness (QED) is 0.763. The zero-order valence-electron chi connectivity index (χ0n) is 17.3. The Kier molecular flexibility index (Phi) is 5.48. The van der Waals surface area contributed by atoms with Crippen LogP contribution in [0.2, 0.25) is 0 Å². The van der Waals surface area contributed by atoms with E-state index in [9.17, 15) is 14.4 Å². The van der Waals surface area contributed by atoms with E-state index in [-0.39, 0.29) is 30.3 Å². The van der Waals surface area contributed by atoms with Crippen molar-refractivity contribution in [3.63, 3.8) is 0 Å². The Bertz CT molecular complexity index is 780. The summed E-state index contributed by atoms with van der Waals surface area (Å²) in [6, 6.07) is 7.97. The van der Waals surface area contributed by atoms with Crippen LogP contribution in [-0.2, 0) is 9.59 Å². The standard InChI is InChI=1S/C22H30N4O3/c1-16(2)17-5-7-19(8-6-17)26-14-13-25(22(26)29)15-20(27)23-9-11-24(12-10-23)21(28)18-3-4-18/h5-8,16,18H,3-4,9-15H2,1-2H3. The van der Waals surface area contributed by atoms with Crippen LogP contribution in [0.4, 0.5) is 10.5 Å². The minimum Gasteiger partial charge on any atom is -0.339 e. The molecule has 2 heterocycles. The fourth-order valence-corrected chi connectivity index (χ4v) is 4.04. The number of amides is 4. The Hall–Kier alpha value is -2.57. The number of carbonyl (C=O) groups is 3. The average Bonchev–Trinajstić information content (AvgIpc) is 3.52. The molecule has 4 amide bonds. The van der Waals surface area contributed by atoms with Crippen LogP contribution >= 0.6 is 0 Å². The second-order valence-corrected chi connectivity index (χ2v) is 8.58. The van der Waals surface area contributed by atoms with Crippen molar-refractivity contribution in [2.45, 2.75) is 32.6 Å². The zero-order valence-corrected chi connectivity index (χ0v) is 17.3. The lowest BCUT2D eigenvalue weighted by molar-refractivity contribution is -0.140. The Morgan fingerprint density at radius 1 is 0.931 bits per heavy atom. The fraction of sp³-hybridized carbons (Fsp3) is 0.591. The first-order chi connectivity index (χ1) is 13.9. The Labute approximate surface area is 172 Å². The van der Waals surface area contributed by atoms with Gasteiger partial charge < -0.3 is 14.7 Å². The molecule has 2 aliphatic heterocycles. The summed E-state index contributed by atoms with van der Waals surface area (Å²) in [4.78, 5) is 44.7. The van der Waals surface area contributed by atoms with Crippen LogP contribution in [0.1, 0.15) is 38.2 Å². The predicted octanol–water partition coefficient (Wildman–Crippen LogP) is 2.13. The maximum absolute atomic E-state index is 12.8.